The first-order valence-electron chi connectivity index (χ1n) is 9.28. The maximum Gasteiger partial charge on any atom is 0.416 e. The highest BCUT2D eigenvalue weighted by atomic mass is 16.7. The van der Waals surface area contributed by atoms with Crippen molar-refractivity contribution in [2.75, 3.05) is 19.8 Å². The highest BCUT2D eigenvalue weighted by Gasteiger charge is 2.41. The summed E-state index contributed by atoms with van der Waals surface area (Å²) in [7, 11) is 0. The summed E-state index contributed by atoms with van der Waals surface area (Å²) >= 11 is 0. The summed E-state index contributed by atoms with van der Waals surface area (Å²) in [6.07, 6.45) is 1.53. The van der Waals surface area contributed by atoms with Crippen molar-refractivity contribution in [3.8, 4) is 0 Å². The summed E-state index contributed by atoms with van der Waals surface area (Å²) in [5.41, 5.74) is 1.02. The Balaban J connectivity index is 1.68. The molecule has 0 bridgehead atoms. The zero-order valence-electron chi connectivity index (χ0n) is 15.5. The van der Waals surface area contributed by atoms with E-state index in [1.165, 1.54) is 4.90 Å². The minimum Gasteiger partial charge on any atom is -0.447 e. The summed E-state index contributed by atoms with van der Waals surface area (Å²) < 4.78 is 16.3. The molecule has 0 radical (unpaired) electrons. The quantitative estimate of drug-likeness (QED) is 0.649. The number of ether oxygens (including phenoxy) is 3. The van der Waals surface area contributed by atoms with Crippen LogP contribution in [0.15, 0.2) is 30.3 Å². The number of hydrogen-bond donors (Lipinski definition) is 0. The van der Waals surface area contributed by atoms with Crippen LogP contribution in [-0.2, 0) is 30.2 Å². The van der Waals surface area contributed by atoms with E-state index in [0.29, 0.717) is 32.5 Å². The van der Waals surface area contributed by atoms with Gasteiger partial charge in [-0.1, -0.05) is 30.3 Å². The van der Waals surface area contributed by atoms with Crippen LogP contribution >= 0.6 is 0 Å². The Morgan fingerprint density at radius 3 is 2.67 bits per heavy atom. The molecule has 146 valence electrons. The van der Waals surface area contributed by atoms with Crippen molar-refractivity contribution in [2.24, 2.45) is 5.92 Å². The fourth-order valence-electron chi connectivity index (χ4n) is 3.56. The lowest BCUT2D eigenvalue weighted by atomic mass is 9.94. The van der Waals surface area contributed by atoms with E-state index >= 15 is 0 Å². The van der Waals surface area contributed by atoms with Gasteiger partial charge in [-0.05, 0) is 25.3 Å². The Morgan fingerprint density at radius 1 is 1.30 bits per heavy atom. The van der Waals surface area contributed by atoms with Crippen LogP contribution < -0.4 is 0 Å². The van der Waals surface area contributed by atoms with Gasteiger partial charge >= 0.3 is 6.09 Å². The number of rotatable bonds is 8. The van der Waals surface area contributed by atoms with Gasteiger partial charge in [-0.25, -0.2) is 9.69 Å². The summed E-state index contributed by atoms with van der Waals surface area (Å²) in [6.45, 7) is 3.02. The van der Waals surface area contributed by atoms with Gasteiger partial charge < -0.3 is 19.0 Å². The van der Waals surface area contributed by atoms with Crippen molar-refractivity contribution in [2.45, 2.75) is 44.4 Å². The van der Waals surface area contributed by atoms with Crippen LogP contribution in [0.5, 0.6) is 0 Å². The average molecular weight is 375 g/mol. The third-order valence-corrected chi connectivity index (χ3v) is 5.09. The molecule has 0 aromatic heterocycles. The van der Waals surface area contributed by atoms with Gasteiger partial charge in [-0.15, -0.1) is 0 Å². The molecular weight excluding hydrogens is 350 g/mol. The zero-order valence-corrected chi connectivity index (χ0v) is 15.5. The van der Waals surface area contributed by atoms with Crippen LogP contribution in [0.4, 0.5) is 4.79 Å². The molecule has 1 aromatic rings. The first-order chi connectivity index (χ1) is 13.0. The molecule has 3 rings (SSSR count). The summed E-state index contributed by atoms with van der Waals surface area (Å²) in [6, 6.07) is 9.27. The molecule has 0 unspecified atom stereocenters. The Bertz CT molecular complexity index is 670. The molecule has 2 fully saturated rings. The van der Waals surface area contributed by atoms with Crippen molar-refractivity contribution >= 4 is 18.3 Å². The maximum atomic E-state index is 13.0. The van der Waals surface area contributed by atoms with Gasteiger partial charge in [-0.2, -0.15) is 0 Å². The van der Waals surface area contributed by atoms with Crippen LogP contribution in [-0.4, -0.2) is 54.8 Å². The van der Waals surface area contributed by atoms with Gasteiger partial charge in [0.1, 0.15) is 12.9 Å². The van der Waals surface area contributed by atoms with Crippen LogP contribution in [0.2, 0.25) is 0 Å². The highest BCUT2D eigenvalue weighted by Crippen LogP contribution is 2.29. The second-order valence-corrected chi connectivity index (χ2v) is 7.10. The van der Waals surface area contributed by atoms with Crippen molar-refractivity contribution in [3.63, 3.8) is 0 Å². The molecule has 0 spiro atoms. The van der Waals surface area contributed by atoms with Gasteiger partial charge in [0.2, 0.25) is 5.91 Å². The smallest absolute Gasteiger partial charge is 0.416 e. The number of hydrogen-bond acceptors (Lipinski definition) is 6. The predicted molar refractivity (Wildman–Crippen MR) is 95.8 cm³/mol. The lowest BCUT2D eigenvalue weighted by Gasteiger charge is -2.27. The summed E-state index contributed by atoms with van der Waals surface area (Å²) in [5, 5.41) is 0. The number of cyclic esters (lactones) is 1. The fourth-order valence-corrected chi connectivity index (χ4v) is 3.56. The number of carbonyl (C=O) groups excluding carboxylic acids is 3. The van der Waals surface area contributed by atoms with Crippen LogP contribution in [0.3, 0.4) is 0 Å². The monoisotopic (exact) mass is 375 g/mol. The number of carbonyl (C=O) groups is 3. The second-order valence-electron chi connectivity index (χ2n) is 7.10. The summed E-state index contributed by atoms with van der Waals surface area (Å²) in [5.74, 6) is -1.71. The number of imide groups is 1. The van der Waals surface area contributed by atoms with Crippen molar-refractivity contribution < 1.29 is 28.6 Å². The molecule has 7 heteroatoms. The average Bonchev–Trinajstić information content (AvgIpc) is 3.25. The van der Waals surface area contributed by atoms with E-state index in [1.54, 1.807) is 0 Å². The van der Waals surface area contributed by atoms with E-state index in [9.17, 15) is 14.4 Å². The molecule has 1 aromatic carbocycles. The zero-order chi connectivity index (χ0) is 19.3. The molecular formula is C20H25NO6. The maximum absolute atomic E-state index is 13.0. The van der Waals surface area contributed by atoms with Gasteiger partial charge in [0.15, 0.2) is 5.79 Å². The van der Waals surface area contributed by atoms with E-state index in [2.05, 4.69) is 0 Å². The SMILES string of the molecule is CC1(CC[C@H](CC=O)C(=O)N2C(=O)OC[C@@H]2Cc2ccccc2)OCCO1. The molecule has 0 aliphatic carbocycles. The number of nitrogens with zero attached hydrogens (tertiary/aromatic N) is 1. The predicted octanol–water partition coefficient (Wildman–Crippen LogP) is 2.32. The van der Waals surface area contributed by atoms with Gasteiger partial charge in [0.05, 0.1) is 19.3 Å². The minimum atomic E-state index is -0.740. The number of amides is 2. The van der Waals surface area contributed by atoms with E-state index < -0.39 is 17.8 Å². The van der Waals surface area contributed by atoms with E-state index in [-0.39, 0.29) is 25.0 Å². The normalized spacial score (nSPS) is 22.5. The molecule has 2 amide bonds. The Morgan fingerprint density at radius 2 is 2.00 bits per heavy atom. The lowest BCUT2D eigenvalue weighted by Crippen LogP contribution is -2.44. The first-order valence-corrected chi connectivity index (χ1v) is 9.28. The molecule has 2 heterocycles. The second kappa shape index (κ2) is 8.63. The minimum absolute atomic E-state index is 0.0523. The number of aldehydes is 1. The van der Waals surface area contributed by atoms with Gasteiger partial charge in [0.25, 0.3) is 0 Å². The molecule has 0 N–H and O–H groups in total. The Kier molecular flexibility index (Phi) is 6.23. The fraction of sp³-hybridized carbons (Fsp3) is 0.550. The largest absolute Gasteiger partial charge is 0.447 e. The third kappa shape index (κ3) is 4.73. The molecule has 27 heavy (non-hydrogen) atoms. The lowest BCUT2D eigenvalue weighted by molar-refractivity contribution is -0.152. The van der Waals surface area contributed by atoms with Crippen molar-refractivity contribution in [1.29, 1.82) is 0 Å². The Labute approximate surface area is 158 Å². The van der Waals surface area contributed by atoms with Crippen LogP contribution in [0, 0.1) is 5.92 Å². The third-order valence-electron chi connectivity index (χ3n) is 5.09. The Hall–Kier alpha value is -2.25. The van der Waals surface area contributed by atoms with Crippen molar-refractivity contribution in [1.82, 2.24) is 4.90 Å². The van der Waals surface area contributed by atoms with E-state index in [1.807, 2.05) is 37.3 Å². The number of benzene rings is 1. The molecule has 0 saturated carbocycles. The molecule has 7 nitrogen and oxygen atoms in total. The first kappa shape index (κ1) is 19.5. The topological polar surface area (TPSA) is 82.1 Å². The molecule has 2 saturated heterocycles. The van der Waals surface area contributed by atoms with E-state index in [0.717, 1.165) is 11.8 Å². The molecule has 2 aliphatic heterocycles. The van der Waals surface area contributed by atoms with Crippen molar-refractivity contribution in [3.05, 3.63) is 35.9 Å². The molecule has 2 aliphatic rings. The van der Waals surface area contributed by atoms with Gasteiger partial charge in [-0.3, -0.25) is 4.79 Å². The van der Waals surface area contributed by atoms with Crippen LogP contribution in [0.1, 0.15) is 31.7 Å². The standard InChI is InChI=1S/C20H25NO6/c1-20(26-11-12-27-20)9-7-16(8-10-22)18(23)21-17(14-25-19(21)24)13-15-5-3-2-4-6-15/h2-6,10,16-17H,7-9,11-14H2,1H3/t16-,17+/m1/s1. The van der Waals surface area contributed by atoms with Crippen LogP contribution in [0.25, 0.3) is 0 Å². The summed E-state index contributed by atoms with van der Waals surface area (Å²) in [4.78, 5) is 37.5. The van der Waals surface area contributed by atoms with E-state index in [4.69, 9.17) is 14.2 Å². The highest BCUT2D eigenvalue weighted by molar-refractivity contribution is 5.95. The van der Waals surface area contributed by atoms with Gasteiger partial charge in [0, 0.05) is 18.8 Å². The molecule has 2 atom stereocenters.